The summed E-state index contributed by atoms with van der Waals surface area (Å²) in [5.74, 6) is -1.40. The zero-order chi connectivity index (χ0) is 23.6. The standard InChI is InChI=1S/C22H14F4N4O2S/c23-18-6-3-7-20(28-18)33(31,32)30-19-9-8-17(22(24,25)26)21(29-19)16-5-2-1-4-15(16)14-10-12-27-13-11-14/h1-13H,(H,29,30). The number of hydrogen-bond donors (Lipinski definition) is 1. The summed E-state index contributed by atoms with van der Waals surface area (Å²) in [5.41, 5.74) is -0.325. The predicted octanol–water partition coefficient (Wildman–Crippen LogP) is 5.16. The first kappa shape index (κ1) is 22.3. The summed E-state index contributed by atoms with van der Waals surface area (Å²) in [7, 11) is -4.40. The zero-order valence-corrected chi connectivity index (χ0v) is 17.4. The van der Waals surface area contributed by atoms with E-state index in [0.29, 0.717) is 11.1 Å². The van der Waals surface area contributed by atoms with Crippen LogP contribution in [0.25, 0.3) is 22.4 Å². The first-order valence-electron chi connectivity index (χ1n) is 9.38. The summed E-state index contributed by atoms with van der Waals surface area (Å²) in [4.78, 5) is 11.2. The van der Waals surface area contributed by atoms with Crippen LogP contribution in [0.5, 0.6) is 0 Å². The minimum Gasteiger partial charge on any atom is -0.265 e. The van der Waals surface area contributed by atoms with E-state index in [9.17, 15) is 26.0 Å². The molecule has 33 heavy (non-hydrogen) atoms. The van der Waals surface area contributed by atoms with Gasteiger partial charge in [-0.1, -0.05) is 30.3 Å². The molecule has 0 aliphatic carbocycles. The molecule has 0 bridgehead atoms. The van der Waals surface area contributed by atoms with E-state index in [1.165, 1.54) is 18.5 Å². The summed E-state index contributed by atoms with van der Waals surface area (Å²) in [5, 5.41) is -0.636. The van der Waals surface area contributed by atoms with E-state index in [-0.39, 0.29) is 11.4 Å². The van der Waals surface area contributed by atoms with E-state index in [2.05, 4.69) is 19.7 Å². The molecule has 4 aromatic rings. The van der Waals surface area contributed by atoms with Crippen molar-refractivity contribution in [3.05, 3.63) is 90.6 Å². The Morgan fingerprint density at radius 3 is 2.15 bits per heavy atom. The first-order valence-corrected chi connectivity index (χ1v) is 10.9. The lowest BCUT2D eigenvalue weighted by molar-refractivity contribution is -0.137. The molecule has 6 nitrogen and oxygen atoms in total. The Morgan fingerprint density at radius 2 is 1.48 bits per heavy atom. The fourth-order valence-electron chi connectivity index (χ4n) is 3.15. The number of anilines is 1. The van der Waals surface area contributed by atoms with Crippen molar-refractivity contribution in [2.45, 2.75) is 11.2 Å². The van der Waals surface area contributed by atoms with Crippen LogP contribution in [0.15, 0.2) is 84.1 Å². The number of benzene rings is 1. The maximum Gasteiger partial charge on any atom is 0.418 e. The highest BCUT2D eigenvalue weighted by Gasteiger charge is 2.35. The SMILES string of the molecule is O=S(=O)(Nc1ccc(C(F)(F)F)c(-c2ccccc2-c2ccncc2)n1)c1cccc(F)n1. The summed E-state index contributed by atoms with van der Waals surface area (Å²) < 4.78 is 82.0. The van der Waals surface area contributed by atoms with Crippen LogP contribution < -0.4 is 4.72 Å². The van der Waals surface area contributed by atoms with Gasteiger partial charge in [-0.25, -0.2) is 9.97 Å². The van der Waals surface area contributed by atoms with Gasteiger partial charge in [0.05, 0.1) is 11.3 Å². The second kappa shape index (κ2) is 8.58. The molecule has 1 N–H and O–H groups in total. The predicted molar refractivity (Wildman–Crippen MR) is 113 cm³/mol. The second-order valence-electron chi connectivity index (χ2n) is 6.78. The maximum absolute atomic E-state index is 13.8. The average Bonchev–Trinajstić information content (AvgIpc) is 2.79. The molecular formula is C22H14F4N4O2S. The topological polar surface area (TPSA) is 84.8 Å². The molecule has 168 valence electrons. The van der Waals surface area contributed by atoms with Crippen LogP contribution in [0.3, 0.4) is 0 Å². The Bertz CT molecular complexity index is 1410. The van der Waals surface area contributed by atoms with Crippen molar-refractivity contribution < 1.29 is 26.0 Å². The monoisotopic (exact) mass is 474 g/mol. The van der Waals surface area contributed by atoms with Crippen LogP contribution in [0.2, 0.25) is 0 Å². The van der Waals surface area contributed by atoms with Gasteiger partial charge in [0.1, 0.15) is 5.82 Å². The van der Waals surface area contributed by atoms with E-state index < -0.39 is 38.4 Å². The van der Waals surface area contributed by atoms with Crippen LogP contribution in [0.4, 0.5) is 23.4 Å². The molecule has 0 saturated carbocycles. The number of pyridine rings is 3. The van der Waals surface area contributed by atoms with Crippen LogP contribution in [-0.2, 0) is 16.2 Å². The highest BCUT2D eigenvalue weighted by Crippen LogP contribution is 2.40. The highest BCUT2D eigenvalue weighted by molar-refractivity contribution is 7.92. The van der Waals surface area contributed by atoms with Gasteiger partial charge in [0.15, 0.2) is 5.03 Å². The van der Waals surface area contributed by atoms with E-state index in [1.807, 2.05) is 0 Å². The summed E-state index contributed by atoms with van der Waals surface area (Å²) >= 11 is 0. The van der Waals surface area contributed by atoms with E-state index in [0.717, 1.165) is 30.3 Å². The molecule has 0 fully saturated rings. The van der Waals surface area contributed by atoms with E-state index in [1.54, 1.807) is 30.3 Å². The fourth-order valence-corrected chi connectivity index (χ4v) is 4.11. The largest absolute Gasteiger partial charge is 0.418 e. The van der Waals surface area contributed by atoms with Gasteiger partial charge >= 0.3 is 6.18 Å². The molecular weight excluding hydrogens is 460 g/mol. The molecule has 0 unspecified atom stereocenters. The molecule has 0 aliphatic rings. The number of sulfonamides is 1. The normalized spacial score (nSPS) is 11.9. The van der Waals surface area contributed by atoms with Crippen LogP contribution in [0, 0.1) is 5.95 Å². The number of hydrogen-bond acceptors (Lipinski definition) is 5. The zero-order valence-electron chi connectivity index (χ0n) is 16.6. The Balaban J connectivity index is 1.85. The lowest BCUT2D eigenvalue weighted by Gasteiger charge is -2.17. The molecule has 4 rings (SSSR count). The smallest absolute Gasteiger partial charge is 0.265 e. The lowest BCUT2D eigenvalue weighted by atomic mass is 9.95. The van der Waals surface area contributed by atoms with Crippen molar-refractivity contribution in [3.63, 3.8) is 0 Å². The van der Waals surface area contributed by atoms with Gasteiger partial charge in [0, 0.05) is 18.0 Å². The molecule has 3 heterocycles. The van der Waals surface area contributed by atoms with Gasteiger partial charge < -0.3 is 0 Å². The number of nitrogens with zero attached hydrogens (tertiary/aromatic N) is 3. The summed E-state index contributed by atoms with van der Waals surface area (Å²) in [6, 6.07) is 14.3. The van der Waals surface area contributed by atoms with Crippen LogP contribution in [-0.4, -0.2) is 23.4 Å². The molecule has 0 aliphatic heterocycles. The maximum atomic E-state index is 13.8. The first-order chi connectivity index (χ1) is 15.6. The molecule has 0 spiro atoms. The van der Waals surface area contributed by atoms with E-state index >= 15 is 0 Å². The molecule has 3 aromatic heterocycles. The number of halogens is 4. The summed E-state index contributed by atoms with van der Waals surface area (Å²) in [6.45, 7) is 0. The number of aromatic nitrogens is 3. The van der Waals surface area contributed by atoms with Crippen molar-refractivity contribution in [2.24, 2.45) is 0 Å². The molecule has 0 saturated heterocycles. The Morgan fingerprint density at radius 1 is 0.788 bits per heavy atom. The quantitative estimate of drug-likeness (QED) is 0.319. The van der Waals surface area contributed by atoms with Gasteiger partial charge in [0.2, 0.25) is 5.95 Å². The van der Waals surface area contributed by atoms with Gasteiger partial charge in [0.25, 0.3) is 10.0 Å². The Labute approximate surface area is 186 Å². The molecule has 1 aromatic carbocycles. The average molecular weight is 474 g/mol. The van der Waals surface area contributed by atoms with Crippen LogP contribution in [0.1, 0.15) is 5.56 Å². The third kappa shape index (κ3) is 4.82. The van der Waals surface area contributed by atoms with Crippen molar-refractivity contribution in [1.82, 2.24) is 15.0 Å². The van der Waals surface area contributed by atoms with E-state index in [4.69, 9.17) is 0 Å². The van der Waals surface area contributed by atoms with Crippen LogP contribution >= 0.6 is 0 Å². The lowest BCUT2D eigenvalue weighted by Crippen LogP contribution is -2.17. The minimum absolute atomic E-state index is 0.140. The Kier molecular flexibility index (Phi) is 5.81. The van der Waals surface area contributed by atoms with Gasteiger partial charge in [-0.3, -0.25) is 9.71 Å². The molecule has 0 radical (unpaired) electrons. The highest BCUT2D eigenvalue weighted by atomic mass is 32.2. The van der Waals surface area contributed by atoms with Gasteiger partial charge in [-0.05, 0) is 47.5 Å². The van der Waals surface area contributed by atoms with Gasteiger partial charge in [-0.15, -0.1) is 0 Å². The minimum atomic E-state index is -4.75. The fraction of sp³-hybridized carbons (Fsp3) is 0.0455. The third-order valence-corrected chi connectivity index (χ3v) is 5.83. The second-order valence-corrected chi connectivity index (χ2v) is 8.41. The Hall–Kier alpha value is -3.86. The number of rotatable bonds is 5. The van der Waals surface area contributed by atoms with Crippen molar-refractivity contribution in [3.8, 4) is 22.4 Å². The third-order valence-electron chi connectivity index (χ3n) is 4.58. The van der Waals surface area contributed by atoms with Crippen molar-refractivity contribution in [2.75, 3.05) is 4.72 Å². The molecule has 0 atom stereocenters. The summed E-state index contributed by atoms with van der Waals surface area (Å²) in [6.07, 6.45) is -1.75. The number of nitrogens with one attached hydrogen (secondary N) is 1. The molecule has 11 heteroatoms. The van der Waals surface area contributed by atoms with Crippen molar-refractivity contribution in [1.29, 1.82) is 0 Å². The molecule has 0 amide bonds. The van der Waals surface area contributed by atoms with Gasteiger partial charge in [-0.2, -0.15) is 26.0 Å². The number of alkyl halides is 3. The van der Waals surface area contributed by atoms with Crippen molar-refractivity contribution >= 4 is 15.8 Å².